The molecule has 0 bridgehead atoms. The molecule has 0 aliphatic heterocycles. The molecule has 0 fully saturated rings. The van der Waals surface area contributed by atoms with E-state index < -0.39 is 5.91 Å². The Kier molecular flexibility index (Phi) is 4.60. The molecule has 1 amide bonds. The highest BCUT2D eigenvalue weighted by atomic mass is 16.5. The van der Waals surface area contributed by atoms with E-state index in [1.807, 2.05) is 38.1 Å². The van der Waals surface area contributed by atoms with Crippen LogP contribution < -0.4 is 16.2 Å². The summed E-state index contributed by atoms with van der Waals surface area (Å²) in [6.45, 7) is 3.94. The third kappa shape index (κ3) is 3.83. The highest BCUT2D eigenvalue weighted by Crippen LogP contribution is 2.24. The van der Waals surface area contributed by atoms with E-state index in [1.54, 1.807) is 24.3 Å². The van der Waals surface area contributed by atoms with Gasteiger partial charge in [0.15, 0.2) is 0 Å². The first kappa shape index (κ1) is 15.1. The highest BCUT2D eigenvalue weighted by Gasteiger charge is 2.18. The summed E-state index contributed by atoms with van der Waals surface area (Å²) in [6.07, 6.45) is -0.245. The summed E-state index contributed by atoms with van der Waals surface area (Å²) in [6, 6.07) is 14.7. The average molecular weight is 284 g/mol. The number of primary amides is 1. The second-order valence-corrected chi connectivity index (χ2v) is 5.20. The number of aryl methyl sites for hydroxylation is 1. The highest BCUT2D eigenvalue weighted by molar-refractivity contribution is 5.92. The number of hydrogen-bond donors (Lipinski definition) is 2. The summed E-state index contributed by atoms with van der Waals surface area (Å²) in [7, 11) is 0. The molecule has 4 N–H and O–H groups in total. The zero-order chi connectivity index (χ0) is 15.4. The molecule has 2 atom stereocenters. The second-order valence-electron chi connectivity index (χ2n) is 5.20. The maximum atomic E-state index is 11.1. The number of hydrogen-bond acceptors (Lipinski definition) is 3. The van der Waals surface area contributed by atoms with Crippen LogP contribution in [0.15, 0.2) is 48.5 Å². The van der Waals surface area contributed by atoms with Gasteiger partial charge in [-0.05, 0) is 43.7 Å². The van der Waals surface area contributed by atoms with Crippen molar-refractivity contribution >= 4 is 5.91 Å². The summed E-state index contributed by atoms with van der Waals surface area (Å²) >= 11 is 0. The van der Waals surface area contributed by atoms with Gasteiger partial charge in [0.2, 0.25) is 5.91 Å². The van der Waals surface area contributed by atoms with Crippen molar-refractivity contribution in [1.29, 1.82) is 0 Å². The van der Waals surface area contributed by atoms with Crippen molar-refractivity contribution in [3.63, 3.8) is 0 Å². The van der Waals surface area contributed by atoms with E-state index in [0.29, 0.717) is 11.3 Å². The Balaban J connectivity index is 2.20. The lowest BCUT2D eigenvalue weighted by Gasteiger charge is -2.23. The standard InChI is InChI=1S/C17H20N2O2/c1-11-3-5-13(6-4-11)16(12(2)18)21-15-9-7-14(8-10-15)17(19)20/h3-10,12,16H,18H2,1-2H3,(H2,19,20). The Bertz CT molecular complexity index is 604. The molecule has 0 saturated heterocycles. The van der Waals surface area contributed by atoms with Crippen molar-refractivity contribution < 1.29 is 9.53 Å². The molecule has 110 valence electrons. The van der Waals surface area contributed by atoms with E-state index in [9.17, 15) is 4.79 Å². The Morgan fingerprint density at radius 3 is 2.10 bits per heavy atom. The molecule has 4 heteroatoms. The normalized spacial score (nSPS) is 13.5. The third-order valence-corrected chi connectivity index (χ3v) is 3.29. The van der Waals surface area contributed by atoms with E-state index in [4.69, 9.17) is 16.2 Å². The molecule has 2 rings (SSSR count). The first-order valence-corrected chi connectivity index (χ1v) is 6.86. The van der Waals surface area contributed by atoms with Crippen molar-refractivity contribution in [3.05, 3.63) is 65.2 Å². The smallest absolute Gasteiger partial charge is 0.248 e. The number of benzene rings is 2. The molecular formula is C17H20N2O2. The summed E-state index contributed by atoms with van der Waals surface area (Å²) in [5.41, 5.74) is 13.9. The van der Waals surface area contributed by atoms with Gasteiger partial charge >= 0.3 is 0 Å². The fourth-order valence-corrected chi connectivity index (χ4v) is 2.08. The van der Waals surface area contributed by atoms with E-state index in [2.05, 4.69) is 0 Å². The van der Waals surface area contributed by atoms with E-state index in [0.717, 1.165) is 5.56 Å². The van der Waals surface area contributed by atoms with Crippen molar-refractivity contribution in [2.24, 2.45) is 11.5 Å². The lowest BCUT2D eigenvalue weighted by Crippen LogP contribution is -2.29. The zero-order valence-electron chi connectivity index (χ0n) is 12.2. The molecule has 0 saturated carbocycles. The largest absolute Gasteiger partial charge is 0.484 e. The van der Waals surface area contributed by atoms with Crippen molar-refractivity contribution in [2.45, 2.75) is 26.0 Å². The van der Waals surface area contributed by atoms with Crippen LogP contribution in [-0.4, -0.2) is 11.9 Å². The minimum absolute atomic E-state index is 0.163. The van der Waals surface area contributed by atoms with Gasteiger partial charge in [-0.2, -0.15) is 0 Å². The number of rotatable bonds is 5. The van der Waals surface area contributed by atoms with Crippen LogP contribution in [0.4, 0.5) is 0 Å². The summed E-state index contributed by atoms with van der Waals surface area (Å²) in [5, 5.41) is 0. The molecule has 0 aliphatic carbocycles. The fourth-order valence-electron chi connectivity index (χ4n) is 2.08. The first-order chi connectivity index (χ1) is 9.97. The van der Waals surface area contributed by atoms with Crippen molar-refractivity contribution in [3.8, 4) is 5.75 Å². The Hall–Kier alpha value is -2.33. The van der Waals surface area contributed by atoms with Crippen LogP contribution in [0, 0.1) is 6.92 Å². The Labute approximate surface area is 124 Å². The summed E-state index contributed by atoms with van der Waals surface area (Å²) in [5.74, 6) is 0.201. The van der Waals surface area contributed by atoms with Gasteiger partial charge in [0.1, 0.15) is 11.9 Å². The number of carbonyl (C=O) groups is 1. The van der Waals surface area contributed by atoms with Crippen LogP contribution in [0.1, 0.15) is 34.5 Å². The molecule has 0 aromatic heterocycles. The predicted molar refractivity (Wildman–Crippen MR) is 83.2 cm³/mol. The third-order valence-electron chi connectivity index (χ3n) is 3.29. The lowest BCUT2D eigenvalue weighted by molar-refractivity contribution is 0.1000. The van der Waals surface area contributed by atoms with Crippen LogP contribution in [0.5, 0.6) is 5.75 Å². The van der Waals surface area contributed by atoms with E-state index >= 15 is 0 Å². The van der Waals surface area contributed by atoms with Crippen LogP contribution in [0.3, 0.4) is 0 Å². The number of nitrogens with two attached hydrogens (primary N) is 2. The lowest BCUT2D eigenvalue weighted by atomic mass is 10.0. The van der Waals surface area contributed by atoms with Gasteiger partial charge in [0.25, 0.3) is 0 Å². The topological polar surface area (TPSA) is 78.3 Å². The van der Waals surface area contributed by atoms with Crippen LogP contribution in [-0.2, 0) is 0 Å². The van der Waals surface area contributed by atoms with Gasteiger partial charge in [0, 0.05) is 11.6 Å². The van der Waals surface area contributed by atoms with Crippen LogP contribution >= 0.6 is 0 Å². The summed E-state index contributed by atoms with van der Waals surface area (Å²) in [4.78, 5) is 11.1. The molecule has 21 heavy (non-hydrogen) atoms. The molecule has 2 aromatic rings. The van der Waals surface area contributed by atoms with E-state index in [-0.39, 0.29) is 12.1 Å². The molecule has 0 spiro atoms. The van der Waals surface area contributed by atoms with Gasteiger partial charge in [-0.25, -0.2) is 0 Å². The molecule has 0 radical (unpaired) electrons. The minimum atomic E-state index is -0.455. The monoisotopic (exact) mass is 284 g/mol. The maximum Gasteiger partial charge on any atom is 0.248 e. The van der Waals surface area contributed by atoms with Gasteiger partial charge in [-0.15, -0.1) is 0 Å². The molecule has 4 nitrogen and oxygen atoms in total. The summed E-state index contributed by atoms with van der Waals surface area (Å²) < 4.78 is 5.96. The molecule has 0 aliphatic rings. The van der Waals surface area contributed by atoms with Gasteiger partial charge < -0.3 is 16.2 Å². The average Bonchev–Trinajstić information content (AvgIpc) is 2.46. The van der Waals surface area contributed by atoms with Crippen molar-refractivity contribution in [1.82, 2.24) is 0 Å². The molecule has 2 unspecified atom stereocenters. The quantitative estimate of drug-likeness (QED) is 0.885. The van der Waals surface area contributed by atoms with Crippen LogP contribution in [0.2, 0.25) is 0 Å². The predicted octanol–water partition coefficient (Wildman–Crippen LogP) is 2.56. The van der Waals surface area contributed by atoms with Gasteiger partial charge in [-0.3, -0.25) is 4.79 Å². The minimum Gasteiger partial charge on any atom is -0.484 e. The van der Waals surface area contributed by atoms with Gasteiger partial charge in [-0.1, -0.05) is 29.8 Å². The number of ether oxygens (including phenoxy) is 1. The zero-order valence-corrected chi connectivity index (χ0v) is 12.2. The van der Waals surface area contributed by atoms with Crippen LogP contribution in [0.25, 0.3) is 0 Å². The van der Waals surface area contributed by atoms with Gasteiger partial charge in [0.05, 0.1) is 0 Å². The molecule has 2 aromatic carbocycles. The number of carbonyl (C=O) groups excluding carboxylic acids is 1. The van der Waals surface area contributed by atoms with Crippen molar-refractivity contribution in [2.75, 3.05) is 0 Å². The SMILES string of the molecule is Cc1ccc(C(Oc2ccc(C(N)=O)cc2)C(C)N)cc1. The Morgan fingerprint density at radius 1 is 1.05 bits per heavy atom. The molecular weight excluding hydrogens is 264 g/mol. The molecule has 0 heterocycles. The first-order valence-electron chi connectivity index (χ1n) is 6.86. The van der Waals surface area contributed by atoms with E-state index in [1.165, 1.54) is 5.56 Å². The Morgan fingerprint density at radius 2 is 1.62 bits per heavy atom. The maximum absolute atomic E-state index is 11.1. The fraction of sp³-hybridized carbons (Fsp3) is 0.235. The second kappa shape index (κ2) is 6.41. The number of amides is 1.